The number of benzene rings is 1. The van der Waals surface area contributed by atoms with E-state index in [4.69, 9.17) is 0 Å². The maximum atomic E-state index is 13.0. The van der Waals surface area contributed by atoms with Gasteiger partial charge >= 0.3 is 0 Å². The second-order valence-corrected chi connectivity index (χ2v) is 7.53. The molecule has 1 aromatic carbocycles. The zero-order chi connectivity index (χ0) is 17.6. The van der Waals surface area contributed by atoms with Crippen molar-refractivity contribution in [3.8, 4) is 0 Å². The number of fused-ring (bicyclic) bond motifs is 3. The molecule has 0 radical (unpaired) electrons. The molecule has 128 valence electrons. The summed E-state index contributed by atoms with van der Waals surface area (Å²) < 4.78 is 1.29. The van der Waals surface area contributed by atoms with Crippen LogP contribution >= 0.6 is 11.3 Å². The molecule has 5 nitrogen and oxygen atoms in total. The molecule has 0 atom stereocenters. The number of nitrogens with one attached hydrogen (secondary N) is 1. The molecule has 2 aromatic heterocycles. The van der Waals surface area contributed by atoms with Gasteiger partial charge in [-0.25, -0.2) is 9.66 Å². The Kier molecular flexibility index (Phi) is 3.92. The zero-order valence-electron chi connectivity index (χ0n) is 14.3. The minimum Gasteiger partial charge on any atom is -0.267 e. The van der Waals surface area contributed by atoms with Crippen molar-refractivity contribution in [3.05, 3.63) is 62.0 Å². The molecular formula is C19H19N3O2S. The highest BCUT2D eigenvalue weighted by atomic mass is 32.1. The van der Waals surface area contributed by atoms with Gasteiger partial charge in [-0.1, -0.05) is 18.2 Å². The minimum absolute atomic E-state index is 0.177. The van der Waals surface area contributed by atoms with Crippen LogP contribution in [0.25, 0.3) is 10.2 Å². The van der Waals surface area contributed by atoms with E-state index in [2.05, 4.69) is 10.4 Å². The third kappa shape index (κ3) is 2.66. The first-order chi connectivity index (χ1) is 12.1. The number of carbonyl (C=O) groups is 1. The number of aryl methyl sites for hydroxylation is 4. The van der Waals surface area contributed by atoms with E-state index < -0.39 is 0 Å². The third-order valence-corrected chi connectivity index (χ3v) is 5.95. The first-order valence-electron chi connectivity index (χ1n) is 8.47. The van der Waals surface area contributed by atoms with Gasteiger partial charge in [-0.2, -0.15) is 0 Å². The Morgan fingerprint density at radius 3 is 2.76 bits per heavy atom. The fourth-order valence-corrected chi connectivity index (χ4v) is 4.73. The molecule has 0 unspecified atom stereocenters. The largest absolute Gasteiger partial charge is 0.281 e. The first kappa shape index (κ1) is 16.0. The number of hydrogen-bond acceptors (Lipinski definition) is 4. The van der Waals surface area contributed by atoms with Crippen LogP contribution in [0, 0.1) is 13.8 Å². The molecule has 3 aromatic rings. The van der Waals surface area contributed by atoms with Crippen molar-refractivity contribution in [1.82, 2.24) is 9.66 Å². The number of carbonyl (C=O) groups excluding carboxylic acids is 1. The summed E-state index contributed by atoms with van der Waals surface area (Å²) in [5, 5.41) is 0.676. The monoisotopic (exact) mass is 353 g/mol. The second kappa shape index (κ2) is 6.11. The predicted molar refractivity (Wildman–Crippen MR) is 100 cm³/mol. The van der Waals surface area contributed by atoms with E-state index >= 15 is 0 Å². The summed E-state index contributed by atoms with van der Waals surface area (Å²) in [5.41, 5.74) is 5.11. The summed E-state index contributed by atoms with van der Waals surface area (Å²) in [5.74, 6) is 0.201. The smallest absolute Gasteiger partial charge is 0.267 e. The Morgan fingerprint density at radius 2 is 1.96 bits per heavy atom. The van der Waals surface area contributed by atoms with Gasteiger partial charge in [0.05, 0.1) is 5.39 Å². The SMILES string of the molecule is Cc1ccccc1C(=O)Nn1c(C)nc2sc3c(c2c1=O)CCCC3. The molecule has 0 fully saturated rings. The number of amides is 1. The van der Waals surface area contributed by atoms with Crippen LogP contribution < -0.4 is 11.0 Å². The number of nitrogens with zero attached hydrogens (tertiary/aromatic N) is 2. The van der Waals surface area contributed by atoms with Gasteiger partial charge in [0, 0.05) is 10.4 Å². The Balaban J connectivity index is 1.81. The van der Waals surface area contributed by atoms with Crippen molar-refractivity contribution < 1.29 is 4.79 Å². The van der Waals surface area contributed by atoms with Gasteiger partial charge in [-0.15, -0.1) is 11.3 Å². The van der Waals surface area contributed by atoms with E-state index in [-0.39, 0.29) is 11.5 Å². The van der Waals surface area contributed by atoms with E-state index in [1.165, 1.54) is 9.55 Å². The first-order valence-corrected chi connectivity index (χ1v) is 9.29. The molecule has 0 saturated heterocycles. The summed E-state index contributed by atoms with van der Waals surface area (Å²) >= 11 is 1.62. The zero-order valence-corrected chi connectivity index (χ0v) is 15.1. The van der Waals surface area contributed by atoms with Crippen LogP contribution in [-0.2, 0) is 12.8 Å². The lowest BCUT2D eigenvalue weighted by Gasteiger charge is -2.13. The second-order valence-electron chi connectivity index (χ2n) is 6.45. The Hall–Kier alpha value is -2.47. The quantitative estimate of drug-likeness (QED) is 0.768. The van der Waals surface area contributed by atoms with E-state index in [1.54, 1.807) is 24.3 Å². The Labute approximate surface area is 149 Å². The lowest BCUT2D eigenvalue weighted by Crippen LogP contribution is -2.35. The van der Waals surface area contributed by atoms with Crippen molar-refractivity contribution in [2.24, 2.45) is 0 Å². The Morgan fingerprint density at radius 1 is 1.20 bits per heavy atom. The molecule has 0 spiro atoms. The van der Waals surface area contributed by atoms with Gasteiger partial charge in [-0.3, -0.25) is 15.0 Å². The van der Waals surface area contributed by atoms with E-state index in [9.17, 15) is 9.59 Å². The molecule has 25 heavy (non-hydrogen) atoms. The highest BCUT2D eigenvalue weighted by molar-refractivity contribution is 7.18. The molecule has 2 heterocycles. The highest BCUT2D eigenvalue weighted by Gasteiger charge is 2.22. The summed E-state index contributed by atoms with van der Waals surface area (Å²) in [6, 6.07) is 7.33. The predicted octanol–water partition coefficient (Wildman–Crippen LogP) is 3.34. The van der Waals surface area contributed by atoms with Gasteiger partial charge in [0.25, 0.3) is 11.5 Å². The van der Waals surface area contributed by atoms with Crippen molar-refractivity contribution in [2.75, 3.05) is 5.43 Å². The molecule has 0 aliphatic heterocycles. The van der Waals surface area contributed by atoms with Crippen LogP contribution in [0.15, 0.2) is 29.1 Å². The number of thiophene rings is 1. The maximum absolute atomic E-state index is 13.0. The molecule has 1 aliphatic rings. The topological polar surface area (TPSA) is 64.0 Å². The average Bonchev–Trinajstić information content (AvgIpc) is 2.96. The summed E-state index contributed by atoms with van der Waals surface area (Å²) in [4.78, 5) is 32.3. The highest BCUT2D eigenvalue weighted by Crippen LogP contribution is 2.33. The Bertz CT molecular complexity index is 1050. The molecule has 1 N–H and O–H groups in total. The van der Waals surface area contributed by atoms with E-state index in [1.807, 2.05) is 25.1 Å². The van der Waals surface area contributed by atoms with Gasteiger partial charge in [-0.05, 0) is 56.7 Å². The average molecular weight is 353 g/mol. The minimum atomic E-state index is -0.298. The molecule has 0 saturated carbocycles. The lowest BCUT2D eigenvalue weighted by atomic mass is 9.97. The third-order valence-electron chi connectivity index (χ3n) is 4.76. The number of hydrogen-bond donors (Lipinski definition) is 1. The van der Waals surface area contributed by atoms with Gasteiger partial charge in [0.1, 0.15) is 10.7 Å². The van der Waals surface area contributed by atoms with Crippen LogP contribution in [0.3, 0.4) is 0 Å². The summed E-state index contributed by atoms with van der Waals surface area (Å²) in [6.45, 7) is 3.62. The molecule has 4 rings (SSSR count). The molecule has 0 bridgehead atoms. The van der Waals surface area contributed by atoms with Crippen LogP contribution in [-0.4, -0.2) is 15.6 Å². The summed E-state index contributed by atoms with van der Waals surface area (Å²) in [7, 11) is 0. The maximum Gasteiger partial charge on any atom is 0.281 e. The van der Waals surface area contributed by atoms with Crippen molar-refractivity contribution >= 4 is 27.5 Å². The van der Waals surface area contributed by atoms with Crippen LogP contribution in [0.5, 0.6) is 0 Å². The van der Waals surface area contributed by atoms with E-state index in [0.717, 1.165) is 41.6 Å². The molecule has 1 aliphatic carbocycles. The normalized spacial score (nSPS) is 13.7. The molecular weight excluding hydrogens is 334 g/mol. The molecule has 6 heteroatoms. The van der Waals surface area contributed by atoms with Crippen molar-refractivity contribution in [2.45, 2.75) is 39.5 Å². The standard InChI is InChI=1S/C19H19N3O2S/c1-11-7-3-4-8-13(11)17(23)21-22-12(2)20-18-16(19(22)24)14-9-5-6-10-15(14)25-18/h3-4,7-8H,5-6,9-10H2,1-2H3,(H,21,23). The molecule has 1 amide bonds. The lowest BCUT2D eigenvalue weighted by molar-refractivity contribution is 0.101. The fourth-order valence-electron chi connectivity index (χ4n) is 3.43. The van der Waals surface area contributed by atoms with Crippen LogP contribution in [0.1, 0.15) is 45.0 Å². The van der Waals surface area contributed by atoms with Gasteiger partial charge < -0.3 is 0 Å². The van der Waals surface area contributed by atoms with Crippen LogP contribution in [0.4, 0.5) is 0 Å². The van der Waals surface area contributed by atoms with Gasteiger partial charge in [0.2, 0.25) is 0 Å². The summed E-state index contributed by atoms with van der Waals surface area (Å²) in [6.07, 6.45) is 4.20. The number of aromatic nitrogens is 2. The van der Waals surface area contributed by atoms with Crippen molar-refractivity contribution in [1.29, 1.82) is 0 Å². The fraction of sp³-hybridized carbons (Fsp3) is 0.316. The van der Waals surface area contributed by atoms with Gasteiger partial charge in [0.15, 0.2) is 0 Å². The van der Waals surface area contributed by atoms with E-state index in [0.29, 0.717) is 16.8 Å². The van der Waals surface area contributed by atoms with Crippen LogP contribution in [0.2, 0.25) is 0 Å². The number of rotatable bonds is 2. The van der Waals surface area contributed by atoms with Crippen molar-refractivity contribution in [3.63, 3.8) is 0 Å².